The molecule has 0 amide bonds. The number of aromatic nitrogens is 1. The summed E-state index contributed by atoms with van der Waals surface area (Å²) in [5, 5.41) is 8.90. The van der Waals surface area contributed by atoms with Crippen molar-refractivity contribution in [3.63, 3.8) is 0 Å². The first-order chi connectivity index (χ1) is 15.6. The highest BCUT2D eigenvalue weighted by Gasteiger charge is 2.33. The van der Waals surface area contributed by atoms with Gasteiger partial charge in [-0.05, 0) is 55.7 Å². The number of aliphatic carboxylic acids is 1. The summed E-state index contributed by atoms with van der Waals surface area (Å²) < 4.78 is 30.7. The number of hydrogen-bond donors (Lipinski definition) is 2. The first-order valence-electron chi connectivity index (χ1n) is 11.1. The number of fused-ring (bicyclic) bond motifs is 1. The van der Waals surface area contributed by atoms with E-state index in [0.717, 1.165) is 40.4 Å². The highest BCUT2D eigenvalue weighted by Crippen LogP contribution is 2.45. The largest absolute Gasteiger partial charge is 0.480 e. The van der Waals surface area contributed by atoms with E-state index in [9.17, 15) is 18.3 Å². The second kappa shape index (κ2) is 9.06. The number of nitrogens with zero attached hydrogens (tertiary/aromatic N) is 1. The van der Waals surface area contributed by atoms with Crippen LogP contribution in [0.1, 0.15) is 43.6 Å². The summed E-state index contributed by atoms with van der Waals surface area (Å²) in [6.45, 7) is 6.33. The Labute approximate surface area is 199 Å². The van der Waals surface area contributed by atoms with Crippen molar-refractivity contribution >= 4 is 33.4 Å². The summed E-state index contributed by atoms with van der Waals surface area (Å²) in [4.78, 5) is 13.4. The highest BCUT2D eigenvalue weighted by molar-refractivity contribution is 7.99. The molecule has 0 spiro atoms. The van der Waals surface area contributed by atoms with Crippen LogP contribution in [0, 0.1) is 12.3 Å². The Kier molecular flexibility index (Phi) is 6.51. The van der Waals surface area contributed by atoms with Crippen LogP contribution in [0.15, 0.2) is 58.4 Å². The van der Waals surface area contributed by atoms with E-state index >= 15 is 0 Å². The Bertz CT molecular complexity index is 1240. The maximum atomic E-state index is 13.0. The second-order valence-electron chi connectivity index (χ2n) is 9.49. The van der Waals surface area contributed by atoms with Crippen LogP contribution in [0.2, 0.25) is 0 Å². The van der Waals surface area contributed by atoms with Crippen LogP contribution in [0.25, 0.3) is 0 Å². The number of carboxylic acid groups (broad SMARTS) is 1. The molecule has 1 unspecified atom stereocenters. The molecular weight excluding hydrogens is 456 g/mol. The molecule has 0 radical (unpaired) electrons. The first-order valence-corrected chi connectivity index (χ1v) is 13.5. The van der Waals surface area contributed by atoms with Crippen molar-refractivity contribution < 1.29 is 18.3 Å². The van der Waals surface area contributed by atoms with E-state index in [1.54, 1.807) is 18.2 Å². The molecule has 0 fully saturated rings. The average molecular weight is 487 g/mol. The van der Waals surface area contributed by atoms with Crippen molar-refractivity contribution in [3.05, 3.63) is 65.5 Å². The lowest BCUT2D eigenvalue weighted by Gasteiger charge is -2.31. The molecule has 2 aliphatic carbocycles. The number of carboxylic acids is 1. The predicted octanol–water partition coefficient (Wildman–Crippen LogP) is 5.17. The van der Waals surface area contributed by atoms with Crippen molar-refractivity contribution in [2.24, 2.45) is 5.41 Å². The van der Waals surface area contributed by atoms with Gasteiger partial charge in [-0.25, -0.2) is 8.42 Å². The lowest BCUT2D eigenvalue weighted by molar-refractivity contribution is -0.137. The van der Waals surface area contributed by atoms with Crippen molar-refractivity contribution in [1.82, 2.24) is 4.57 Å². The van der Waals surface area contributed by atoms with Gasteiger partial charge in [0.1, 0.15) is 11.8 Å². The zero-order chi connectivity index (χ0) is 23.8. The molecule has 0 aliphatic heterocycles. The van der Waals surface area contributed by atoms with E-state index in [1.807, 2.05) is 41.8 Å². The minimum Gasteiger partial charge on any atom is -0.480 e. The Morgan fingerprint density at radius 2 is 2.03 bits per heavy atom. The number of anilines is 1. The minimum absolute atomic E-state index is 0.0688. The second-order valence-corrected chi connectivity index (χ2v) is 12.4. The normalized spacial score (nSPS) is 19.3. The molecule has 4 rings (SSSR count). The summed E-state index contributed by atoms with van der Waals surface area (Å²) >= 11 is 1.52. The third kappa shape index (κ3) is 5.06. The van der Waals surface area contributed by atoms with Crippen molar-refractivity contribution in [2.75, 3.05) is 4.72 Å². The average Bonchev–Trinajstić information content (AvgIpc) is 2.99. The summed E-state index contributed by atoms with van der Waals surface area (Å²) in [6, 6.07) is 7.40. The van der Waals surface area contributed by atoms with Crippen LogP contribution in [-0.4, -0.2) is 29.3 Å². The van der Waals surface area contributed by atoms with E-state index in [0.29, 0.717) is 12.1 Å². The standard InChI is InChI=1S/C25H30N2O4S2/c1-17-24(19-13-14-25(2,3)15-21(19)27(17)16-23(28)29)32-22-12-8-7-11-20(22)26-33(30,31)18-9-5-4-6-10-18/h4-9,11-12,18,26H,10,13-16H2,1-3H3,(H,28,29). The first kappa shape index (κ1) is 23.7. The van der Waals surface area contributed by atoms with Crippen LogP contribution in [-0.2, 0) is 34.2 Å². The molecule has 1 heterocycles. The molecule has 0 saturated heterocycles. The number of nitrogens with one attached hydrogen (secondary N) is 1. The number of carbonyl (C=O) groups is 1. The highest BCUT2D eigenvalue weighted by atomic mass is 32.2. The third-order valence-electron chi connectivity index (χ3n) is 6.36. The lowest BCUT2D eigenvalue weighted by atomic mass is 9.77. The summed E-state index contributed by atoms with van der Waals surface area (Å²) in [5.74, 6) is -0.862. The molecule has 2 aromatic rings. The smallest absolute Gasteiger partial charge is 0.323 e. The minimum atomic E-state index is -3.59. The van der Waals surface area contributed by atoms with E-state index < -0.39 is 21.2 Å². The molecule has 1 aromatic heterocycles. The van der Waals surface area contributed by atoms with Gasteiger partial charge in [-0.3, -0.25) is 9.52 Å². The van der Waals surface area contributed by atoms with Crippen molar-refractivity contribution in [1.29, 1.82) is 0 Å². The zero-order valence-electron chi connectivity index (χ0n) is 19.2. The number of sulfonamides is 1. The van der Waals surface area contributed by atoms with Gasteiger partial charge in [0.25, 0.3) is 0 Å². The summed E-state index contributed by atoms with van der Waals surface area (Å²) in [6.07, 6.45) is 10.3. The number of para-hydroxylation sites is 1. The van der Waals surface area contributed by atoms with E-state index in [1.165, 1.54) is 17.3 Å². The van der Waals surface area contributed by atoms with Gasteiger partial charge in [-0.1, -0.05) is 62.0 Å². The van der Waals surface area contributed by atoms with Gasteiger partial charge in [-0.2, -0.15) is 0 Å². The van der Waals surface area contributed by atoms with Crippen LogP contribution in [0.4, 0.5) is 5.69 Å². The molecule has 1 atom stereocenters. The third-order valence-corrected chi connectivity index (χ3v) is 9.34. The van der Waals surface area contributed by atoms with E-state index in [4.69, 9.17) is 0 Å². The van der Waals surface area contributed by atoms with E-state index in [-0.39, 0.29) is 12.0 Å². The number of allylic oxidation sites excluding steroid dienone is 3. The zero-order valence-corrected chi connectivity index (χ0v) is 20.8. The molecule has 2 aliphatic rings. The maximum absolute atomic E-state index is 13.0. The quantitative estimate of drug-likeness (QED) is 0.563. The molecule has 33 heavy (non-hydrogen) atoms. The van der Waals surface area contributed by atoms with Crippen LogP contribution in [0.3, 0.4) is 0 Å². The Balaban J connectivity index is 1.69. The predicted molar refractivity (Wildman–Crippen MR) is 132 cm³/mol. The fourth-order valence-electron chi connectivity index (χ4n) is 4.55. The number of rotatable bonds is 7. The van der Waals surface area contributed by atoms with Gasteiger partial charge < -0.3 is 9.67 Å². The van der Waals surface area contributed by atoms with E-state index in [2.05, 4.69) is 18.6 Å². The number of hydrogen-bond acceptors (Lipinski definition) is 4. The molecule has 176 valence electrons. The molecule has 1 aromatic carbocycles. The van der Waals surface area contributed by atoms with Crippen LogP contribution < -0.4 is 4.72 Å². The fraction of sp³-hybridized carbons (Fsp3) is 0.400. The van der Waals surface area contributed by atoms with Gasteiger partial charge >= 0.3 is 5.97 Å². The van der Waals surface area contributed by atoms with Gasteiger partial charge in [0.05, 0.1) is 5.69 Å². The Morgan fingerprint density at radius 1 is 1.27 bits per heavy atom. The summed E-state index contributed by atoms with van der Waals surface area (Å²) in [7, 11) is -3.59. The summed E-state index contributed by atoms with van der Waals surface area (Å²) in [5.41, 5.74) is 3.86. The molecular formula is C25H30N2O4S2. The molecule has 8 heteroatoms. The van der Waals surface area contributed by atoms with Gasteiger partial charge in [0.15, 0.2) is 0 Å². The van der Waals surface area contributed by atoms with Crippen molar-refractivity contribution in [3.8, 4) is 0 Å². The topological polar surface area (TPSA) is 88.4 Å². The molecule has 0 bridgehead atoms. The number of benzene rings is 1. The SMILES string of the molecule is Cc1c(Sc2ccccc2NS(=O)(=O)C2C=CC=CC2)c2c(n1CC(=O)O)CC(C)(C)CC2. The van der Waals surface area contributed by atoms with Crippen LogP contribution in [0.5, 0.6) is 0 Å². The molecule has 6 nitrogen and oxygen atoms in total. The monoisotopic (exact) mass is 486 g/mol. The molecule has 2 N–H and O–H groups in total. The Hall–Kier alpha value is -2.45. The van der Waals surface area contributed by atoms with Gasteiger partial charge in [0.2, 0.25) is 10.0 Å². The lowest BCUT2D eigenvalue weighted by Crippen LogP contribution is -2.26. The van der Waals surface area contributed by atoms with Gasteiger partial charge in [-0.15, -0.1) is 0 Å². The maximum Gasteiger partial charge on any atom is 0.323 e. The molecule has 0 saturated carbocycles. The van der Waals surface area contributed by atoms with Crippen molar-refractivity contribution in [2.45, 2.75) is 68.0 Å². The Morgan fingerprint density at radius 3 is 2.73 bits per heavy atom. The fourth-order valence-corrected chi connectivity index (χ4v) is 7.11. The van der Waals surface area contributed by atoms with Crippen LogP contribution >= 0.6 is 11.8 Å². The van der Waals surface area contributed by atoms with Gasteiger partial charge in [0, 0.05) is 21.2 Å².